The van der Waals surface area contributed by atoms with Crippen LogP contribution in [0.25, 0.3) is 0 Å². The summed E-state index contributed by atoms with van der Waals surface area (Å²) in [5.41, 5.74) is 4.32. The second-order valence-corrected chi connectivity index (χ2v) is 6.12. The molecule has 3 heterocycles. The van der Waals surface area contributed by atoms with E-state index in [0.717, 1.165) is 30.8 Å². The zero-order valence-electron chi connectivity index (χ0n) is 13.9. The molecule has 122 valence electrons. The standard InChI is InChI=1S/C17H23N5O/c1-12-17(13(2)21(3)20-12)15-5-4-10-22(15)11-16(23)19-14-6-8-18-9-7-14/h6-9,15H,4-5,10-11H2,1-3H3,(H,18,19,23)/t15-/m0/s1. The maximum Gasteiger partial charge on any atom is 0.238 e. The Balaban J connectivity index is 1.71. The molecule has 0 bridgehead atoms. The van der Waals surface area contributed by atoms with Crippen LogP contribution < -0.4 is 5.32 Å². The third-order valence-corrected chi connectivity index (χ3v) is 4.57. The Bertz CT molecular complexity index is 695. The topological polar surface area (TPSA) is 63.1 Å². The number of amides is 1. The van der Waals surface area contributed by atoms with Crippen LogP contribution in [0.2, 0.25) is 0 Å². The van der Waals surface area contributed by atoms with Gasteiger partial charge in [0.1, 0.15) is 0 Å². The molecule has 1 atom stereocenters. The average Bonchev–Trinajstić information content (AvgIpc) is 3.05. The number of carbonyl (C=O) groups is 1. The van der Waals surface area contributed by atoms with Gasteiger partial charge in [0, 0.05) is 42.4 Å². The molecular weight excluding hydrogens is 290 g/mol. The molecule has 6 heteroatoms. The van der Waals surface area contributed by atoms with Crippen LogP contribution in [-0.4, -0.2) is 38.7 Å². The Hall–Kier alpha value is -2.21. The van der Waals surface area contributed by atoms with Gasteiger partial charge in [-0.25, -0.2) is 0 Å². The molecule has 3 rings (SSSR count). The van der Waals surface area contributed by atoms with Crippen LogP contribution in [-0.2, 0) is 11.8 Å². The van der Waals surface area contributed by atoms with Crippen LogP contribution in [0.3, 0.4) is 0 Å². The lowest BCUT2D eigenvalue weighted by Crippen LogP contribution is -2.33. The number of nitrogens with one attached hydrogen (secondary N) is 1. The van der Waals surface area contributed by atoms with E-state index in [-0.39, 0.29) is 11.9 Å². The Labute approximate surface area is 136 Å². The number of anilines is 1. The first-order valence-electron chi connectivity index (χ1n) is 8.00. The Morgan fingerprint density at radius 2 is 2.09 bits per heavy atom. The molecular formula is C17H23N5O. The number of aromatic nitrogens is 3. The summed E-state index contributed by atoms with van der Waals surface area (Å²) in [4.78, 5) is 18.5. The lowest BCUT2D eigenvalue weighted by atomic mass is 10.0. The van der Waals surface area contributed by atoms with Gasteiger partial charge in [0.15, 0.2) is 0 Å². The van der Waals surface area contributed by atoms with Gasteiger partial charge in [-0.05, 0) is 45.4 Å². The predicted octanol–water partition coefficient (Wildman–Crippen LogP) is 2.21. The quantitative estimate of drug-likeness (QED) is 0.940. The van der Waals surface area contributed by atoms with E-state index in [1.807, 2.05) is 11.7 Å². The van der Waals surface area contributed by atoms with Gasteiger partial charge < -0.3 is 5.32 Å². The van der Waals surface area contributed by atoms with Crippen molar-refractivity contribution in [3.63, 3.8) is 0 Å². The van der Waals surface area contributed by atoms with E-state index in [1.54, 1.807) is 24.5 Å². The lowest BCUT2D eigenvalue weighted by molar-refractivity contribution is -0.117. The van der Waals surface area contributed by atoms with Crippen molar-refractivity contribution in [3.8, 4) is 0 Å². The van der Waals surface area contributed by atoms with Crippen LogP contribution in [0.15, 0.2) is 24.5 Å². The SMILES string of the molecule is Cc1nn(C)c(C)c1[C@@H]1CCCN1CC(=O)Nc1ccncc1. The van der Waals surface area contributed by atoms with Crippen LogP contribution in [0, 0.1) is 13.8 Å². The third-order valence-electron chi connectivity index (χ3n) is 4.57. The minimum atomic E-state index is 0.0160. The van der Waals surface area contributed by atoms with Crippen molar-refractivity contribution in [2.75, 3.05) is 18.4 Å². The van der Waals surface area contributed by atoms with Crippen molar-refractivity contribution < 1.29 is 4.79 Å². The van der Waals surface area contributed by atoms with Crippen LogP contribution >= 0.6 is 0 Å². The fourth-order valence-corrected chi connectivity index (χ4v) is 3.43. The van der Waals surface area contributed by atoms with Gasteiger partial charge in [0.25, 0.3) is 0 Å². The van der Waals surface area contributed by atoms with Crippen molar-refractivity contribution in [3.05, 3.63) is 41.5 Å². The van der Waals surface area contributed by atoms with Gasteiger partial charge in [0.2, 0.25) is 5.91 Å². The van der Waals surface area contributed by atoms with E-state index in [2.05, 4.69) is 34.1 Å². The van der Waals surface area contributed by atoms with Gasteiger partial charge in [-0.2, -0.15) is 5.10 Å². The lowest BCUT2D eigenvalue weighted by Gasteiger charge is -2.24. The molecule has 0 aliphatic carbocycles. The third kappa shape index (κ3) is 3.27. The second kappa shape index (κ2) is 6.50. The first-order chi connectivity index (χ1) is 11.1. The number of pyridine rings is 1. The van der Waals surface area contributed by atoms with E-state index in [0.29, 0.717) is 6.54 Å². The number of nitrogens with zero attached hydrogens (tertiary/aromatic N) is 4. The maximum absolute atomic E-state index is 12.3. The molecule has 1 aliphatic heterocycles. The zero-order valence-corrected chi connectivity index (χ0v) is 13.9. The fourth-order valence-electron chi connectivity index (χ4n) is 3.43. The van der Waals surface area contributed by atoms with E-state index < -0.39 is 0 Å². The smallest absolute Gasteiger partial charge is 0.238 e. The summed E-state index contributed by atoms with van der Waals surface area (Å²) in [6.07, 6.45) is 5.55. The molecule has 0 unspecified atom stereocenters. The minimum absolute atomic E-state index is 0.0160. The molecule has 6 nitrogen and oxygen atoms in total. The molecule has 1 N–H and O–H groups in total. The molecule has 1 aliphatic rings. The largest absolute Gasteiger partial charge is 0.325 e. The van der Waals surface area contributed by atoms with Gasteiger partial charge in [-0.3, -0.25) is 19.4 Å². The molecule has 2 aromatic rings. The first kappa shape index (κ1) is 15.7. The summed E-state index contributed by atoms with van der Waals surface area (Å²) in [5.74, 6) is 0.0160. The van der Waals surface area contributed by atoms with Crippen molar-refractivity contribution in [2.45, 2.75) is 32.7 Å². The van der Waals surface area contributed by atoms with Gasteiger partial charge in [-0.1, -0.05) is 0 Å². The number of rotatable bonds is 4. The van der Waals surface area contributed by atoms with Crippen LogP contribution in [0.5, 0.6) is 0 Å². The van der Waals surface area contributed by atoms with Gasteiger partial charge in [-0.15, -0.1) is 0 Å². The Kier molecular flexibility index (Phi) is 4.43. The number of likely N-dealkylation sites (tertiary alicyclic amines) is 1. The normalized spacial score (nSPS) is 18.3. The highest BCUT2D eigenvalue weighted by Gasteiger charge is 2.31. The second-order valence-electron chi connectivity index (χ2n) is 6.12. The molecule has 1 saturated heterocycles. The highest BCUT2D eigenvalue weighted by Crippen LogP contribution is 2.35. The number of hydrogen-bond donors (Lipinski definition) is 1. The Morgan fingerprint density at radius 1 is 1.35 bits per heavy atom. The predicted molar refractivity (Wildman–Crippen MR) is 89.1 cm³/mol. The molecule has 1 amide bonds. The summed E-state index contributed by atoms with van der Waals surface area (Å²) >= 11 is 0. The van der Waals surface area contributed by atoms with E-state index in [9.17, 15) is 4.79 Å². The highest BCUT2D eigenvalue weighted by atomic mass is 16.2. The van der Waals surface area contributed by atoms with Crippen LogP contribution in [0.4, 0.5) is 5.69 Å². The van der Waals surface area contributed by atoms with Gasteiger partial charge in [0.05, 0.1) is 12.2 Å². The monoisotopic (exact) mass is 313 g/mol. The summed E-state index contributed by atoms with van der Waals surface area (Å²) in [6.45, 7) is 5.50. The molecule has 0 radical (unpaired) electrons. The summed E-state index contributed by atoms with van der Waals surface area (Å²) in [5, 5.41) is 7.45. The van der Waals surface area contributed by atoms with Crippen molar-refractivity contribution in [2.24, 2.45) is 7.05 Å². The molecule has 2 aromatic heterocycles. The average molecular weight is 313 g/mol. The number of carbonyl (C=O) groups excluding carboxylic acids is 1. The van der Waals surface area contributed by atoms with Crippen molar-refractivity contribution >= 4 is 11.6 Å². The molecule has 0 saturated carbocycles. The van der Waals surface area contributed by atoms with Crippen molar-refractivity contribution in [1.29, 1.82) is 0 Å². The minimum Gasteiger partial charge on any atom is -0.325 e. The molecule has 1 fully saturated rings. The summed E-state index contributed by atoms with van der Waals surface area (Å²) in [7, 11) is 1.97. The van der Waals surface area contributed by atoms with Crippen molar-refractivity contribution in [1.82, 2.24) is 19.7 Å². The molecule has 0 aromatic carbocycles. The van der Waals surface area contributed by atoms with Crippen LogP contribution in [0.1, 0.15) is 35.8 Å². The van der Waals surface area contributed by atoms with E-state index in [4.69, 9.17) is 0 Å². The van der Waals surface area contributed by atoms with E-state index in [1.165, 1.54) is 11.3 Å². The number of hydrogen-bond acceptors (Lipinski definition) is 4. The maximum atomic E-state index is 12.3. The Morgan fingerprint density at radius 3 is 2.74 bits per heavy atom. The molecule has 0 spiro atoms. The summed E-state index contributed by atoms with van der Waals surface area (Å²) in [6, 6.07) is 3.88. The highest BCUT2D eigenvalue weighted by molar-refractivity contribution is 5.92. The fraction of sp³-hybridized carbons (Fsp3) is 0.471. The van der Waals surface area contributed by atoms with E-state index >= 15 is 0 Å². The summed E-state index contributed by atoms with van der Waals surface area (Å²) < 4.78 is 1.93. The molecule has 23 heavy (non-hydrogen) atoms. The van der Waals surface area contributed by atoms with Gasteiger partial charge >= 0.3 is 0 Å². The zero-order chi connectivity index (χ0) is 16.4. The first-order valence-corrected chi connectivity index (χ1v) is 8.00. The number of aryl methyl sites for hydroxylation is 2.